The van der Waals surface area contributed by atoms with Gasteiger partial charge in [-0.1, -0.05) is 30.3 Å². The fraction of sp³-hybridized carbons (Fsp3) is 0.286. The highest BCUT2D eigenvalue weighted by Gasteiger charge is 2.27. The predicted molar refractivity (Wildman–Crippen MR) is 94.3 cm³/mol. The van der Waals surface area contributed by atoms with Crippen LogP contribution in [0.3, 0.4) is 0 Å². The minimum atomic E-state index is -0.301. The monoisotopic (exact) mass is 290 g/mol. The van der Waals surface area contributed by atoms with Crippen molar-refractivity contribution in [3.8, 4) is 5.75 Å². The van der Waals surface area contributed by atoms with Crippen LogP contribution < -0.4 is 4.74 Å². The van der Waals surface area contributed by atoms with Gasteiger partial charge in [-0.3, -0.25) is 0 Å². The lowest BCUT2D eigenvalue weighted by Gasteiger charge is -2.31. The van der Waals surface area contributed by atoms with Crippen molar-refractivity contribution in [2.24, 2.45) is 0 Å². The number of benzene rings is 2. The Morgan fingerprint density at radius 2 is 2.05 bits per heavy atom. The van der Waals surface area contributed by atoms with Gasteiger partial charge >= 0.3 is 0 Å². The van der Waals surface area contributed by atoms with Gasteiger partial charge in [-0.15, -0.1) is 5.73 Å². The highest BCUT2D eigenvalue weighted by molar-refractivity contribution is 5.91. The van der Waals surface area contributed by atoms with Gasteiger partial charge in [0.2, 0.25) is 0 Å². The molecule has 1 unspecified atom stereocenters. The Bertz CT molecular complexity index is 815. The van der Waals surface area contributed by atoms with Gasteiger partial charge in [0, 0.05) is 12.0 Å². The summed E-state index contributed by atoms with van der Waals surface area (Å²) in [6.07, 6.45) is 7.26. The van der Waals surface area contributed by atoms with Crippen LogP contribution in [0.5, 0.6) is 5.75 Å². The first-order valence-electron chi connectivity index (χ1n) is 7.77. The Balaban J connectivity index is 2.02. The topological polar surface area (TPSA) is 9.23 Å². The predicted octanol–water partition coefficient (Wildman–Crippen LogP) is 5.82. The normalized spacial score (nSPS) is 19.3. The molecule has 1 atom stereocenters. The number of aryl methyl sites for hydroxylation is 1. The maximum absolute atomic E-state index is 6.32. The third-order valence-corrected chi connectivity index (χ3v) is 4.16. The van der Waals surface area contributed by atoms with E-state index in [2.05, 4.69) is 82.0 Å². The van der Waals surface area contributed by atoms with Crippen LogP contribution in [0.15, 0.2) is 53.8 Å². The van der Waals surface area contributed by atoms with Gasteiger partial charge in [0.05, 0.1) is 0 Å². The van der Waals surface area contributed by atoms with E-state index in [1.165, 1.54) is 27.5 Å². The number of fused-ring (bicyclic) bond motifs is 2. The molecule has 0 amide bonds. The molecule has 0 N–H and O–H groups in total. The molecular formula is C21H22O. The molecule has 0 aromatic heterocycles. The summed E-state index contributed by atoms with van der Waals surface area (Å²) >= 11 is 0. The summed E-state index contributed by atoms with van der Waals surface area (Å²) < 4.78 is 6.32. The molecule has 1 nitrogen and oxygen atoms in total. The van der Waals surface area contributed by atoms with E-state index in [9.17, 15) is 0 Å². The van der Waals surface area contributed by atoms with Crippen LogP contribution in [0.1, 0.15) is 38.3 Å². The largest absolute Gasteiger partial charge is 0.482 e. The summed E-state index contributed by atoms with van der Waals surface area (Å²) in [6, 6.07) is 10.6. The summed E-state index contributed by atoms with van der Waals surface area (Å²) in [5.74, 6) is 0.979. The lowest BCUT2D eigenvalue weighted by atomic mass is 9.92. The first kappa shape index (κ1) is 14.7. The van der Waals surface area contributed by atoms with E-state index in [0.717, 1.165) is 12.2 Å². The average molecular weight is 290 g/mol. The van der Waals surface area contributed by atoms with E-state index < -0.39 is 0 Å². The van der Waals surface area contributed by atoms with Gasteiger partial charge < -0.3 is 4.74 Å². The van der Waals surface area contributed by atoms with E-state index in [1.807, 2.05) is 0 Å². The second kappa shape index (κ2) is 5.51. The Labute approximate surface area is 132 Å². The van der Waals surface area contributed by atoms with Crippen molar-refractivity contribution in [3.63, 3.8) is 0 Å². The first-order valence-corrected chi connectivity index (χ1v) is 7.77. The molecular weight excluding hydrogens is 268 g/mol. The molecule has 2 aromatic carbocycles. The van der Waals surface area contributed by atoms with Crippen LogP contribution in [-0.4, -0.2) is 5.60 Å². The standard InChI is InChI=1S/C21H22O/c1-15(2)8-7-12-21(4)13-11-19-16(3)18-10-6-5-9-17(18)14-20(19)22-21/h5-7,9-11,13-14H,12H2,1-4H3. The van der Waals surface area contributed by atoms with Crippen molar-refractivity contribution in [2.75, 3.05) is 0 Å². The summed E-state index contributed by atoms with van der Waals surface area (Å²) in [5.41, 5.74) is 6.63. The number of ether oxygens (including phenoxy) is 1. The van der Waals surface area contributed by atoms with Crippen molar-refractivity contribution in [2.45, 2.75) is 39.7 Å². The summed E-state index contributed by atoms with van der Waals surface area (Å²) in [5, 5.41) is 2.53. The third kappa shape index (κ3) is 2.73. The van der Waals surface area contributed by atoms with Crippen LogP contribution in [0.4, 0.5) is 0 Å². The van der Waals surface area contributed by atoms with Crippen molar-refractivity contribution in [3.05, 3.63) is 64.9 Å². The van der Waals surface area contributed by atoms with E-state index in [4.69, 9.17) is 4.74 Å². The third-order valence-electron chi connectivity index (χ3n) is 4.16. The summed E-state index contributed by atoms with van der Waals surface area (Å²) in [4.78, 5) is 0. The molecule has 22 heavy (non-hydrogen) atoms. The molecule has 3 rings (SSSR count). The highest BCUT2D eigenvalue weighted by Crippen LogP contribution is 2.38. The SMILES string of the molecule is CC(C)=C=CCC1(C)C=Cc2c(cc3ccccc3c2C)O1. The maximum Gasteiger partial charge on any atom is 0.129 e. The molecule has 112 valence electrons. The Hall–Kier alpha value is -2.24. The zero-order valence-corrected chi connectivity index (χ0v) is 13.7. The molecule has 0 radical (unpaired) electrons. The molecule has 0 saturated heterocycles. The van der Waals surface area contributed by atoms with E-state index in [1.54, 1.807) is 0 Å². The molecule has 2 aromatic rings. The smallest absolute Gasteiger partial charge is 0.129 e. The lowest BCUT2D eigenvalue weighted by Crippen LogP contribution is -2.31. The Kier molecular flexibility index (Phi) is 3.68. The molecule has 0 spiro atoms. The van der Waals surface area contributed by atoms with E-state index >= 15 is 0 Å². The first-order chi connectivity index (χ1) is 10.5. The van der Waals surface area contributed by atoms with Crippen molar-refractivity contribution < 1.29 is 4.74 Å². The second-order valence-electron chi connectivity index (χ2n) is 6.44. The quantitative estimate of drug-likeness (QED) is 0.633. The van der Waals surface area contributed by atoms with Gasteiger partial charge in [-0.2, -0.15) is 0 Å². The van der Waals surface area contributed by atoms with Gasteiger partial charge in [0.1, 0.15) is 11.4 Å². The zero-order chi connectivity index (χ0) is 15.7. The number of hydrogen-bond acceptors (Lipinski definition) is 1. The molecule has 1 heterocycles. The Morgan fingerprint density at radius 1 is 1.27 bits per heavy atom. The fourth-order valence-corrected chi connectivity index (χ4v) is 2.92. The number of hydrogen-bond donors (Lipinski definition) is 0. The molecule has 0 aliphatic carbocycles. The molecule has 1 heteroatoms. The Morgan fingerprint density at radius 3 is 2.82 bits per heavy atom. The molecule has 1 aliphatic rings. The minimum absolute atomic E-state index is 0.301. The number of rotatable bonds is 2. The van der Waals surface area contributed by atoms with Crippen LogP contribution in [0.2, 0.25) is 0 Å². The molecule has 0 saturated carbocycles. The maximum atomic E-state index is 6.32. The van der Waals surface area contributed by atoms with Gasteiger partial charge in [0.25, 0.3) is 0 Å². The van der Waals surface area contributed by atoms with Crippen LogP contribution in [0, 0.1) is 6.92 Å². The minimum Gasteiger partial charge on any atom is -0.482 e. The van der Waals surface area contributed by atoms with E-state index in [-0.39, 0.29) is 5.60 Å². The molecule has 0 bridgehead atoms. The fourth-order valence-electron chi connectivity index (χ4n) is 2.92. The molecule has 1 aliphatic heterocycles. The van der Waals surface area contributed by atoms with Gasteiger partial charge in [-0.25, -0.2) is 0 Å². The lowest BCUT2D eigenvalue weighted by molar-refractivity contribution is 0.141. The van der Waals surface area contributed by atoms with Gasteiger partial charge in [0.15, 0.2) is 0 Å². The zero-order valence-electron chi connectivity index (χ0n) is 13.7. The summed E-state index contributed by atoms with van der Waals surface area (Å²) in [6.45, 7) is 8.41. The van der Waals surface area contributed by atoms with Crippen LogP contribution >= 0.6 is 0 Å². The van der Waals surface area contributed by atoms with Crippen molar-refractivity contribution >= 4 is 16.8 Å². The highest BCUT2D eigenvalue weighted by atomic mass is 16.5. The molecule has 0 fully saturated rings. The van der Waals surface area contributed by atoms with Crippen molar-refractivity contribution in [1.29, 1.82) is 0 Å². The second-order valence-corrected chi connectivity index (χ2v) is 6.44. The van der Waals surface area contributed by atoms with Crippen LogP contribution in [-0.2, 0) is 0 Å². The van der Waals surface area contributed by atoms with Crippen molar-refractivity contribution in [1.82, 2.24) is 0 Å². The van der Waals surface area contributed by atoms with Gasteiger partial charge in [-0.05, 0) is 67.8 Å². The summed E-state index contributed by atoms with van der Waals surface area (Å²) in [7, 11) is 0. The van der Waals surface area contributed by atoms with E-state index in [0.29, 0.717) is 0 Å². The average Bonchev–Trinajstić information content (AvgIpc) is 2.46. The van der Waals surface area contributed by atoms with Crippen LogP contribution in [0.25, 0.3) is 16.8 Å².